The maximum absolute atomic E-state index is 13.4. The van der Waals surface area contributed by atoms with Crippen LogP contribution in [0.3, 0.4) is 0 Å². The van der Waals surface area contributed by atoms with Crippen molar-refractivity contribution in [1.82, 2.24) is 0 Å². The summed E-state index contributed by atoms with van der Waals surface area (Å²) in [5, 5.41) is 6.96. The molecule has 1 aromatic rings. The van der Waals surface area contributed by atoms with E-state index in [9.17, 15) is 4.39 Å². The van der Waals surface area contributed by atoms with Crippen molar-refractivity contribution in [2.75, 3.05) is 6.61 Å². The van der Waals surface area contributed by atoms with Crippen LogP contribution in [0.25, 0.3) is 0 Å². The first kappa shape index (κ1) is 12.0. The molecule has 0 aliphatic carbocycles. The van der Waals surface area contributed by atoms with Gasteiger partial charge in [-0.3, -0.25) is 0 Å². The first-order chi connectivity index (χ1) is 7.63. The van der Waals surface area contributed by atoms with Gasteiger partial charge in [0.25, 0.3) is 0 Å². The van der Waals surface area contributed by atoms with Crippen molar-refractivity contribution in [3.8, 4) is 5.75 Å². The van der Waals surface area contributed by atoms with Crippen LogP contribution < -0.4 is 16.2 Å². The van der Waals surface area contributed by atoms with E-state index in [1.807, 2.05) is 0 Å². The summed E-state index contributed by atoms with van der Waals surface area (Å²) >= 11 is 0. The highest BCUT2D eigenvalue weighted by molar-refractivity contribution is 5.81. The van der Waals surface area contributed by atoms with Crippen molar-refractivity contribution in [2.45, 2.75) is 6.92 Å². The SMILES string of the molecule is CCOc1ccc(C=NN=C(N)N)cc1F. The van der Waals surface area contributed by atoms with Crippen molar-refractivity contribution in [3.05, 3.63) is 29.6 Å². The summed E-state index contributed by atoms with van der Waals surface area (Å²) in [5.41, 5.74) is 10.7. The summed E-state index contributed by atoms with van der Waals surface area (Å²) in [5.74, 6) is -0.389. The minimum absolute atomic E-state index is 0.150. The Morgan fingerprint density at radius 1 is 1.50 bits per heavy atom. The van der Waals surface area contributed by atoms with E-state index in [0.717, 1.165) is 0 Å². The Morgan fingerprint density at radius 2 is 2.25 bits per heavy atom. The van der Waals surface area contributed by atoms with Crippen molar-refractivity contribution in [1.29, 1.82) is 0 Å². The Hall–Kier alpha value is -2.11. The average Bonchev–Trinajstić information content (AvgIpc) is 2.21. The van der Waals surface area contributed by atoms with Gasteiger partial charge in [0.2, 0.25) is 5.96 Å². The van der Waals surface area contributed by atoms with Crippen molar-refractivity contribution < 1.29 is 9.13 Å². The molecule has 0 unspecified atom stereocenters. The molecule has 0 spiro atoms. The molecule has 0 fully saturated rings. The lowest BCUT2D eigenvalue weighted by Crippen LogP contribution is -2.21. The predicted molar refractivity (Wildman–Crippen MR) is 61.0 cm³/mol. The molecule has 0 atom stereocenters. The Kier molecular flexibility index (Phi) is 4.26. The lowest BCUT2D eigenvalue weighted by atomic mass is 10.2. The summed E-state index contributed by atoms with van der Waals surface area (Å²) in [4.78, 5) is 0. The highest BCUT2D eigenvalue weighted by atomic mass is 19.1. The molecule has 6 heteroatoms. The molecule has 0 saturated carbocycles. The van der Waals surface area contributed by atoms with Crippen LogP contribution in [0.5, 0.6) is 5.75 Å². The maximum Gasteiger partial charge on any atom is 0.211 e. The third-order valence-corrected chi connectivity index (χ3v) is 1.64. The van der Waals surface area contributed by atoms with Gasteiger partial charge in [-0.05, 0) is 30.7 Å². The van der Waals surface area contributed by atoms with Crippen LogP contribution in [0.15, 0.2) is 28.4 Å². The summed E-state index contributed by atoms with van der Waals surface area (Å²) in [7, 11) is 0. The molecule has 0 amide bonds. The number of halogens is 1. The fraction of sp³-hybridized carbons (Fsp3) is 0.200. The molecule has 0 radical (unpaired) electrons. The van der Waals surface area contributed by atoms with Gasteiger partial charge in [-0.1, -0.05) is 0 Å². The number of hydrogen-bond acceptors (Lipinski definition) is 3. The topological polar surface area (TPSA) is 86.0 Å². The molecule has 0 aliphatic heterocycles. The summed E-state index contributed by atoms with van der Waals surface area (Å²) in [6.45, 7) is 2.20. The Bertz CT molecular complexity index is 413. The molecule has 16 heavy (non-hydrogen) atoms. The van der Waals surface area contributed by atoms with Gasteiger partial charge in [-0.15, -0.1) is 5.10 Å². The normalized spacial score (nSPS) is 10.4. The predicted octanol–water partition coefficient (Wildman–Crippen LogP) is 0.832. The molecule has 1 rings (SSSR count). The molecule has 0 saturated heterocycles. The third-order valence-electron chi connectivity index (χ3n) is 1.64. The zero-order valence-corrected chi connectivity index (χ0v) is 8.85. The van der Waals surface area contributed by atoms with Gasteiger partial charge < -0.3 is 16.2 Å². The molecule has 5 nitrogen and oxygen atoms in total. The van der Waals surface area contributed by atoms with Gasteiger partial charge in [0, 0.05) is 0 Å². The molecular formula is C10H13FN4O. The highest BCUT2D eigenvalue weighted by Crippen LogP contribution is 2.17. The highest BCUT2D eigenvalue weighted by Gasteiger charge is 2.02. The largest absolute Gasteiger partial charge is 0.491 e. The first-order valence-electron chi connectivity index (χ1n) is 4.67. The second-order valence-corrected chi connectivity index (χ2v) is 2.89. The van der Waals surface area contributed by atoms with Gasteiger partial charge >= 0.3 is 0 Å². The number of nitrogens with two attached hydrogens (primary N) is 2. The van der Waals surface area contributed by atoms with Crippen molar-refractivity contribution >= 4 is 12.2 Å². The number of guanidine groups is 1. The summed E-state index contributed by atoms with van der Waals surface area (Å²) in [6.07, 6.45) is 1.35. The average molecular weight is 224 g/mol. The van der Waals surface area contributed by atoms with Crippen LogP contribution in [0.2, 0.25) is 0 Å². The second kappa shape index (κ2) is 5.69. The van der Waals surface area contributed by atoms with Crippen LogP contribution >= 0.6 is 0 Å². The van der Waals surface area contributed by atoms with Gasteiger partial charge in [0.05, 0.1) is 12.8 Å². The van der Waals surface area contributed by atoms with Crippen molar-refractivity contribution in [2.24, 2.45) is 21.7 Å². The monoisotopic (exact) mass is 224 g/mol. The minimum Gasteiger partial charge on any atom is -0.491 e. The number of benzene rings is 1. The van der Waals surface area contributed by atoms with E-state index in [1.165, 1.54) is 18.3 Å². The number of rotatable bonds is 4. The van der Waals surface area contributed by atoms with Gasteiger partial charge in [-0.2, -0.15) is 5.10 Å². The molecule has 0 aliphatic rings. The molecule has 86 valence electrons. The van der Waals surface area contributed by atoms with Crippen LogP contribution in [0.4, 0.5) is 4.39 Å². The van der Waals surface area contributed by atoms with E-state index in [2.05, 4.69) is 10.2 Å². The van der Waals surface area contributed by atoms with E-state index in [4.69, 9.17) is 16.2 Å². The third kappa shape index (κ3) is 3.56. The Labute approximate surface area is 92.6 Å². The van der Waals surface area contributed by atoms with Crippen molar-refractivity contribution in [3.63, 3.8) is 0 Å². The molecular weight excluding hydrogens is 211 g/mol. The Morgan fingerprint density at radius 3 is 2.81 bits per heavy atom. The summed E-state index contributed by atoms with van der Waals surface area (Å²) < 4.78 is 18.4. The maximum atomic E-state index is 13.4. The second-order valence-electron chi connectivity index (χ2n) is 2.89. The molecule has 0 bridgehead atoms. The van der Waals surface area contributed by atoms with Crippen LogP contribution in [-0.4, -0.2) is 18.8 Å². The van der Waals surface area contributed by atoms with Gasteiger partial charge in [-0.25, -0.2) is 4.39 Å². The molecule has 1 aromatic carbocycles. The lowest BCUT2D eigenvalue weighted by Gasteiger charge is -2.03. The van der Waals surface area contributed by atoms with Crippen LogP contribution in [0, 0.1) is 5.82 Å². The zero-order valence-electron chi connectivity index (χ0n) is 8.85. The van der Waals surface area contributed by atoms with E-state index in [1.54, 1.807) is 13.0 Å². The summed E-state index contributed by atoms with van der Waals surface area (Å²) in [6, 6.07) is 4.46. The molecule has 0 heterocycles. The number of ether oxygens (including phenoxy) is 1. The van der Waals surface area contributed by atoms with Crippen LogP contribution in [0.1, 0.15) is 12.5 Å². The quantitative estimate of drug-likeness (QED) is 0.451. The van der Waals surface area contributed by atoms with Gasteiger partial charge in [0.1, 0.15) is 0 Å². The number of hydrogen-bond donors (Lipinski definition) is 2. The fourth-order valence-corrected chi connectivity index (χ4v) is 1.03. The molecule has 4 N–H and O–H groups in total. The van der Waals surface area contributed by atoms with E-state index in [0.29, 0.717) is 12.2 Å². The minimum atomic E-state index is -0.449. The first-order valence-corrected chi connectivity index (χ1v) is 4.67. The van der Waals surface area contributed by atoms with E-state index >= 15 is 0 Å². The van der Waals surface area contributed by atoms with Gasteiger partial charge in [0.15, 0.2) is 11.6 Å². The van der Waals surface area contributed by atoms with Crippen LogP contribution in [-0.2, 0) is 0 Å². The molecule has 0 aromatic heterocycles. The van der Waals surface area contributed by atoms with E-state index < -0.39 is 5.82 Å². The zero-order chi connectivity index (χ0) is 12.0. The Balaban J connectivity index is 2.81. The van der Waals surface area contributed by atoms with E-state index in [-0.39, 0.29) is 11.7 Å². The standard InChI is InChI=1S/C10H13FN4O/c1-2-16-9-4-3-7(5-8(9)11)6-14-15-10(12)13/h3-6H,2H2,1H3,(H4,12,13,15). The fourth-order valence-electron chi connectivity index (χ4n) is 1.03. The lowest BCUT2D eigenvalue weighted by molar-refractivity contribution is 0.321. The number of nitrogens with zero attached hydrogens (tertiary/aromatic N) is 2. The smallest absolute Gasteiger partial charge is 0.211 e.